The number of halogens is 1. The summed E-state index contributed by atoms with van der Waals surface area (Å²) in [7, 11) is 1.50. The zero-order valence-corrected chi connectivity index (χ0v) is 13.8. The number of hydrogen-bond donors (Lipinski definition) is 1. The van der Waals surface area contributed by atoms with Crippen molar-refractivity contribution in [3.8, 4) is 5.75 Å². The second kappa shape index (κ2) is 6.75. The molecule has 1 N–H and O–H groups in total. The smallest absolute Gasteiger partial charge is 0.273 e. The number of methoxy groups -OCH3 is 1. The predicted octanol–water partition coefficient (Wildman–Crippen LogP) is 4.38. The topological polar surface area (TPSA) is 64.4 Å². The average Bonchev–Trinajstić information content (AvgIpc) is 2.48. The molecule has 0 bridgehead atoms. The second-order valence-electron chi connectivity index (χ2n) is 4.56. The highest BCUT2D eigenvalue weighted by Gasteiger charge is 2.13. The van der Waals surface area contributed by atoms with Crippen molar-refractivity contribution in [3.63, 3.8) is 0 Å². The summed E-state index contributed by atoms with van der Waals surface area (Å²) in [6.07, 6.45) is 0. The Kier molecular flexibility index (Phi) is 5.00. The summed E-state index contributed by atoms with van der Waals surface area (Å²) in [5.41, 5.74) is 1.88. The maximum atomic E-state index is 10.8. The van der Waals surface area contributed by atoms with Crippen LogP contribution in [0.15, 0.2) is 42.5 Å². The highest BCUT2D eigenvalue weighted by Crippen LogP contribution is 2.31. The number of nitrogens with zero attached hydrogens (tertiary/aromatic N) is 1. The summed E-state index contributed by atoms with van der Waals surface area (Å²) in [6, 6.07) is 12.8. The molecule has 0 spiro atoms. The summed E-state index contributed by atoms with van der Waals surface area (Å²) in [5.74, 6) is 0.460. The highest BCUT2D eigenvalue weighted by atomic mass is 127. The Morgan fingerprint density at radius 3 is 2.48 bits per heavy atom. The molecule has 110 valence electrons. The van der Waals surface area contributed by atoms with Gasteiger partial charge >= 0.3 is 0 Å². The summed E-state index contributed by atoms with van der Waals surface area (Å²) in [6.45, 7) is 2.03. The molecular formula is C15H15IN2O3. The van der Waals surface area contributed by atoms with Gasteiger partial charge in [0.05, 0.1) is 23.8 Å². The first-order valence-corrected chi connectivity index (χ1v) is 7.43. The second-order valence-corrected chi connectivity index (χ2v) is 5.80. The maximum Gasteiger partial charge on any atom is 0.273 e. The first-order chi connectivity index (χ1) is 10.0. The molecule has 0 aliphatic heterocycles. The van der Waals surface area contributed by atoms with Crippen LogP contribution in [0, 0.1) is 13.7 Å². The zero-order valence-electron chi connectivity index (χ0n) is 11.7. The van der Waals surface area contributed by atoms with Gasteiger partial charge in [-0.1, -0.05) is 12.1 Å². The quantitative estimate of drug-likeness (QED) is 0.461. The third-order valence-electron chi connectivity index (χ3n) is 3.14. The number of anilines is 1. The Labute approximate surface area is 136 Å². The largest absolute Gasteiger partial charge is 0.494 e. The van der Waals surface area contributed by atoms with Gasteiger partial charge in [-0.05, 0) is 53.3 Å². The molecule has 0 fully saturated rings. The lowest BCUT2D eigenvalue weighted by Crippen LogP contribution is -2.07. The van der Waals surface area contributed by atoms with E-state index in [9.17, 15) is 10.1 Å². The molecule has 0 aliphatic carbocycles. The van der Waals surface area contributed by atoms with Crippen molar-refractivity contribution in [2.75, 3.05) is 12.4 Å². The minimum Gasteiger partial charge on any atom is -0.494 e. The monoisotopic (exact) mass is 398 g/mol. The lowest BCUT2D eigenvalue weighted by molar-refractivity contribution is -0.384. The number of benzene rings is 2. The van der Waals surface area contributed by atoms with E-state index in [1.165, 1.54) is 22.8 Å². The molecule has 2 aromatic carbocycles. The van der Waals surface area contributed by atoms with Crippen LogP contribution in [0.4, 0.5) is 11.4 Å². The fourth-order valence-corrected chi connectivity index (χ4v) is 2.34. The Morgan fingerprint density at radius 2 is 1.90 bits per heavy atom. The zero-order chi connectivity index (χ0) is 15.4. The average molecular weight is 398 g/mol. The van der Waals surface area contributed by atoms with Crippen LogP contribution in [0.25, 0.3) is 0 Å². The van der Waals surface area contributed by atoms with Crippen molar-refractivity contribution >= 4 is 34.0 Å². The molecule has 0 saturated heterocycles. The summed E-state index contributed by atoms with van der Waals surface area (Å²) >= 11 is 2.26. The molecule has 1 unspecified atom stereocenters. The van der Waals surface area contributed by atoms with E-state index < -0.39 is 4.92 Å². The molecule has 5 nitrogen and oxygen atoms in total. The van der Waals surface area contributed by atoms with Crippen molar-refractivity contribution in [2.45, 2.75) is 13.0 Å². The number of non-ortho nitro benzene ring substituents is 1. The van der Waals surface area contributed by atoms with Crippen molar-refractivity contribution in [2.24, 2.45) is 0 Å². The number of nitro groups is 1. The van der Waals surface area contributed by atoms with Crippen LogP contribution >= 0.6 is 22.6 Å². The molecule has 2 rings (SSSR count). The Balaban J connectivity index is 2.22. The number of rotatable bonds is 5. The molecule has 0 radical (unpaired) electrons. The molecular weight excluding hydrogens is 383 g/mol. The van der Waals surface area contributed by atoms with Gasteiger partial charge in [0.1, 0.15) is 5.75 Å². The van der Waals surface area contributed by atoms with Gasteiger partial charge in [-0.25, -0.2) is 0 Å². The number of nitro benzene ring substituents is 1. The third kappa shape index (κ3) is 3.84. The molecule has 0 aliphatic rings. The van der Waals surface area contributed by atoms with Crippen LogP contribution in [0.2, 0.25) is 0 Å². The van der Waals surface area contributed by atoms with E-state index in [1.807, 2.05) is 19.1 Å². The van der Waals surface area contributed by atoms with E-state index in [1.54, 1.807) is 6.07 Å². The van der Waals surface area contributed by atoms with Crippen LogP contribution in [0.3, 0.4) is 0 Å². The summed E-state index contributed by atoms with van der Waals surface area (Å²) < 4.78 is 6.40. The van der Waals surface area contributed by atoms with E-state index in [4.69, 9.17) is 4.74 Å². The van der Waals surface area contributed by atoms with Gasteiger partial charge in [0.2, 0.25) is 0 Å². The SMILES string of the molecule is COc1cc([N+](=O)[O-])ccc1NC(C)c1ccc(I)cc1. The predicted molar refractivity (Wildman–Crippen MR) is 90.8 cm³/mol. The van der Waals surface area contributed by atoms with Gasteiger partial charge in [0, 0.05) is 15.7 Å². The van der Waals surface area contributed by atoms with Crippen LogP contribution in [0.5, 0.6) is 5.75 Å². The van der Waals surface area contributed by atoms with Crippen molar-refractivity contribution in [1.82, 2.24) is 0 Å². The van der Waals surface area contributed by atoms with E-state index in [0.29, 0.717) is 5.75 Å². The van der Waals surface area contributed by atoms with Crippen molar-refractivity contribution in [3.05, 3.63) is 61.7 Å². The molecule has 21 heavy (non-hydrogen) atoms. The molecule has 2 aromatic rings. The van der Waals surface area contributed by atoms with E-state index in [0.717, 1.165) is 11.3 Å². The van der Waals surface area contributed by atoms with E-state index in [-0.39, 0.29) is 11.7 Å². The fourth-order valence-electron chi connectivity index (χ4n) is 1.98. The summed E-state index contributed by atoms with van der Waals surface area (Å²) in [4.78, 5) is 10.3. The van der Waals surface area contributed by atoms with Crippen LogP contribution in [-0.2, 0) is 0 Å². The van der Waals surface area contributed by atoms with Gasteiger partial charge in [-0.3, -0.25) is 10.1 Å². The normalized spacial score (nSPS) is 11.8. The Morgan fingerprint density at radius 1 is 1.24 bits per heavy atom. The molecule has 1 atom stereocenters. The molecule has 6 heteroatoms. The van der Waals surface area contributed by atoms with Crippen LogP contribution in [-0.4, -0.2) is 12.0 Å². The molecule has 0 amide bonds. The van der Waals surface area contributed by atoms with Gasteiger partial charge in [0.25, 0.3) is 5.69 Å². The van der Waals surface area contributed by atoms with Gasteiger partial charge < -0.3 is 10.1 Å². The van der Waals surface area contributed by atoms with E-state index in [2.05, 4.69) is 40.0 Å². The molecule has 0 saturated carbocycles. The lowest BCUT2D eigenvalue weighted by Gasteiger charge is -2.18. The van der Waals surface area contributed by atoms with Crippen LogP contribution < -0.4 is 10.1 Å². The highest BCUT2D eigenvalue weighted by molar-refractivity contribution is 14.1. The number of ether oxygens (including phenoxy) is 1. The van der Waals surface area contributed by atoms with Gasteiger partial charge in [0.15, 0.2) is 0 Å². The van der Waals surface area contributed by atoms with Crippen LogP contribution in [0.1, 0.15) is 18.5 Å². The fraction of sp³-hybridized carbons (Fsp3) is 0.200. The number of hydrogen-bond acceptors (Lipinski definition) is 4. The summed E-state index contributed by atoms with van der Waals surface area (Å²) in [5, 5.41) is 14.1. The maximum absolute atomic E-state index is 10.8. The Hall–Kier alpha value is -1.83. The van der Waals surface area contributed by atoms with Crippen molar-refractivity contribution in [1.29, 1.82) is 0 Å². The Bertz CT molecular complexity index is 644. The van der Waals surface area contributed by atoms with E-state index >= 15 is 0 Å². The third-order valence-corrected chi connectivity index (χ3v) is 3.86. The van der Waals surface area contributed by atoms with Gasteiger partial charge in [-0.2, -0.15) is 0 Å². The standard InChI is InChI=1S/C15H15IN2O3/c1-10(11-3-5-12(16)6-4-11)17-14-8-7-13(18(19)20)9-15(14)21-2/h3-10,17H,1-2H3. The lowest BCUT2D eigenvalue weighted by atomic mass is 10.1. The first kappa shape index (κ1) is 15.6. The number of nitrogens with one attached hydrogen (secondary N) is 1. The minimum absolute atomic E-state index is 0.0133. The van der Waals surface area contributed by atoms with Crippen molar-refractivity contribution < 1.29 is 9.66 Å². The molecule has 0 aromatic heterocycles. The van der Waals surface area contributed by atoms with Gasteiger partial charge in [-0.15, -0.1) is 0 Å². The first-order valence-electron chi connectivity index (χ1n) is 6.35. The molecule has 0 heterocycles. The minimum atomic E-state index is -0.436.